The number of ether oxygens (including phenoxy) is 1. The monoisotopic (exact) mass is 740 g/mol. The highest BCUT2D eigenvalue weighted by Crippen LogP contribution is 2.45. The first kappa shape index (κ1) is 40.8. The number of aliphatic carboxylic acids is 1. The van der Waals surface area contributed by atoms with Crippen LogP contribution in [0, 0.1) is 11.8 Å². The van der Waals surface area contributed by atoms with Gasteiger partial charge in [-0.1, -0.05) is 23.8 Å². The predicted octanol–water partition coefficient (Wildman–Crippen LogP) is 6.85. The van der Waals surface area contributed by atoms with E-state index in [1.807, 2.05) is 26.0 Å². The maximum Gasteiger partial charge on any atom is 0.416 e. The van der Waals surface area contributed by atoms with E-state index in [2.05, 4.69) is 10.3 Å². The van der Waals surface area contributed by atoms with E-state index < -0.39 is 64.5 Å². The number of allylic oxidation sites excluding steroid dienone is 6. The lowest BCUT2D eigenvalue weighted by atomic mass is 9.70. The van der Waals surface area contributed by atoms with Gasteiger partial charge in [0.1, 0.15) is 5.76 Å². The molecule has 0 saturated heterocycles. The van der Waals surface area contributed by atoms with Crippen LogP contribution in [0.25, 0.3) is 0 Å². The summed E-state index contributed by atoms with van der Waals surface area (Å²) in [6.07, 6.45) is -0.862. The van der Waals surface area contributed by atoms with Crippen molar-refractivity contribution in [1.82, 2.24) is 10.2 Å². The average Bonchev–Trinajstić information content (AvgIpc) is 3.08. The molecule has 3 unspecified atom stereocenters. The number of guanidine groups is 1. The lowest BCUT2D eigenvalue weighted by molar-refractivity contribution is -0.143. The third-order valence-corrected chi connectivity index (χ3v) is 10.00. The minimum absolute atomic E-state index is 0.0405. The summed E-state index contributed by atoms with van der Waals surface area (Å²) < 4.78 is 88.0. The van der Waals surface area contributed by atoms with Crippen LogP contribution in [0.2, 0.25) is 0 Å². The first-order chi connectivity index (χ1) is 24.5. The number of halogens is 6. The average molecular weight is 741 g/mol. The SMILES string of the molecule is C/C=C(OC)\C(=C/CC1=CCC(C(=O)O)C=C1C)C1C=NC(N(CC)CCO)=NC1CNC1([C@H](O)c2cc(C(F)(F)F)cc(C(F)(F)F)c2)CCC1. The molecule has 1 heterocycles. The van der Waals surface area contributed by atoms with Crippen molar-refractivity contribution in [3.05, 3.63) is 81.7 Å². The van der Waals surface area contributed by atoms with E-state index in [0.717, 1.165) is 11.1 Å². The Hall–Kier alpha value is -3.95. The molecule has 0 spiro atoms. The van der Waals surface area contributed by atoms with Crippen LogP contribution in [0.3, 0.4) is 0 Å². The molecule has 4 rings (SSSR count). The topological polar surface area (TPSA) is 127 Å². The van der Waals surface area contributed by atoms with Crippen LogP contribution in [0.1, 0.15) is 75.7 Å². The molecule has 1 saturated carbocycles. The first-order valence-corrected chi connectivity index (χ1v) is 17.2. The minimum atomic E-state index is -5.07. The zero-order valence-corrected chi connectivity index (χ0v) is 29.6. The number of carboxylic acid groups (broad SMARTS) is 1. The summed E-state index contributed by atoms with van der Waals surface area (Å²) in [6, 6.07) is 0.532. The molecule has 52 heavy (non-hydrogen) atoms. The second kappa shape index (κ2) is 16.8. The quantitative estimate of drug-likeness (QED) is 0.0934. The van der Waals surface area contributed by atoms with Crippen LogP contribution >= 0.6 is 0 Å². The number of nitrogens with one attached hydrogen (secondary N) is 1. The Bertz CT molecular complexity index is 1610. The van der Waals surface area contributed by atoms with Crippen LogP contribution in [0.15, 0.2) is 75.0 Å². The molecular formula is C37H46F6N4O5. The van der Waals surface area contributed by atoms with E-state index in [4.69, 9.17) is 9.73 Å². The molecule has 0 radical (unpaired) electrons. The molecule has 0 aromatic heterocycles. The van der Waals surface area contributed by atoms with E-state index >= 15 is 0 Å². The number of rotatable bonds is 14. The van der Waals surface area contributed by atoms with Gasteiger partial charge in [-0.05, 0) is 88.3 Å². The van der Waals surface area contributed by atoms with Crippen molar-refractivity contribution in [3.63, 3.8) is 0 Å². The third-order valence-electron chi connectivity index (χ3n) is 10.00. The van der Waals surface area contributed by atoms with Gasteiger partial charge in [0.25, 0.3) is 0 Å². The highest BCUT2D eigenvalue weighted by molar-refractivity contribution is 5.92. The lowest BCUT2D eigenvalue weighted by Crippen LogP contribution is -2.58. The van der Waals surface area contributed by atoms with Crippen molar-refractivity contribution in [2.75, 3.05) is 33.4 Å². The Labute approximate surface area is 299 Å². The van der Waals surface area contributed by atoms with E-state index in [-0.39, 0.29) is 38.6 Å². The highest BCUT2D eigenvalue weighted by atomic mass is 19.4. The number of hydrogen-bond acceptors (Lipinski definition) is 8. The fraction of sp³-hybridized carbons (Fsp3) is 0.541. The van der Waals surface area contributed by atoms with Gasteiger partial charge in [0, 0.05) is 42.9 Å². The van der Waals surface area contributed by atoms with Crippen LogP contribution < -0.4 is 5.32 Å². The number of aliphatic hydroxyl groups excluding tert-OH is 2. The molecule has 0 amide bonds. The van der Waals surface area contributed by atoms with Gasteiger partial charge in [0.15, 0.2) is 0 Å². The van der Waals surface area contributed by atoms with Gasteiger partial charge < -0.3 is 30.3 Å². The number of hydrogen-bond donors (Lipinski definition) is 4. The predicted molar refractivity (Wildman–Crippen MR) is 185 cm³/mol. The van der Waals surface area contributed by atoms with Gasteiger partial charge >= 0.3 is 18.3 Å². The second-order valence-corrected chi connectivity index (χ2v) is 13.2. The molecule has 9 nitrogen and oxygen atoms in total. The van der Waals surface area contributed by atoms with E-state index in [1.165, 1.54) is 7.11 Å². The number of carbonyl (C=O) groups is 1. The normalized spacial score (nSPS) is 22.9. The van der Waals surface area contributed by atoms with Crippen LogP contribution in [0.4, 0.5) is 26.3 Å². The second-order valence-electron chi connectivity index (χ2n) is 13.2. The summed E-state index contributed by atoms with van der Waals surface area (Å²) in [5, 5.41) is 33.9. The molecule has 2 aliphatic carbocycles. The zero-order chi connectivity index (χ0) is 38.4. The summed E-state index contributed by atoms with van der Waals surface area (Å²) >= 11 is 0. The zero-order valence-electron chi connectivity index (χ0n) is 29.6. The lowest BCUT2D eigenvalue weighted by Gasteiger charge is -2.47. The number of likely N-dealkylation sites (N-methyl/N-ethyl adjacent to an activating group) is 1. The summed E-state index contributed by atoms with van der Waals surface area (Å²) in [6.45, 7) is 6.12. The molecule has 1 aromatic carbocycles. The Morgan fingerprint density at radius 3 is 2.29 bits per heavy atom. The standard InChI is InChI=1S/C37H46F6N4O5/c1-5-31(52-4)28(11-10-23-8-9-24(33(50)51)16-22(23)3)29-20-44-34(47(6-2)14-15-48)46-30(29)21-45-35(12-7-13-35)32(49)25-17-26(36(38,39)40)19-27(18-25)37(41,42)43/h5,8,11,16-20,24,29-30,32,45,48-49H,6-7,9-10,12-15,21H2,1-4H3,(H,50,51)/b28-11-,31-5+/t24?,29?,30?,32-/m1/s1. The number of carboxylic acids is 1. The molecule has 1 aliphatic heterocycles. The van der Waals surface area contributed by atoms with Gasteiger partial charge in [0.05, 0.1) is 42.9 Å². The fourth-order valence-corrected chi connectivity index (χ4v) is 6.87. The summed E-state index contributed by atoms with van der Waals surface area (Å²) in [7, 11) is 1.51. The van der Waals surface area contributed by atoms with Crippen molar-refractivity contribution in [3.8, 4) is 0 Å². The number of benzene rings is 1. The van der Waals surface area contributed by atoms with E-state index in [9.17, 15) is 46.5 Å². The maximum absolute atomic E-state index is 13.7. The molecule has 3 aliphatic rings. The van der Waals surface area contributed by atoms with Gasteiger partial charge in [-0.15, -0.1) is 0 Å². The molecule has 1 fully saturated rings. The Morgan fingerprint density at radius 2 is 1.81 bits per heavy atom. The van der Waals surface area contributed by atoms with Gasteiger partial charge in [-0.25, -0.2) is 9.98 Å². The smallest absolute Gasteiger partial charge is 0.416 e. The number of methoxy groups -OCH3 is 1. The number of aliphatic imine (C=N–C) groups is 2. The summed E-state index contributed by atoms with van der Waals surface area (Å²) in [4.78, 5) is 22.9. The van der Waals surface area contributed by atoms with Crippen molar-refractivity contribution >= 4 is 18.1 Å². The first-order valence-electron chi connectivity index (χ1n) is 17.2. The van der Waals surface area contributed by atoms with Crippen LogP contribution in [-0.4, -0.2) is 83.3 Å². The van der Waals surface area contributed by atoms with Crippen LogP contribution in [-0.2, 0) is 21.9 Å². The van der Waals surface area contributed by atoms with Gasteiger partial charge in [0.2, 0.25) is 5.96 Å². The van der Waals surface area contributed by atoms with E-state index in [0.29, 0.717) is 55.2 Å². The van der Waals surface area contributed by atoms with Gasteiger partial charge in [-0.2, -0.15) is 26.3 Å². The molecule has 286 valence electrons. The summed E-state index contributed by atoms with van der Waals surface area (Å²) in [5.74, 6) is -1.20. The molecular weight excluding hydrogens is 694 g/mol. The van der Waals surface area contributed by atoms with Crippen molar-refractivity contribution < 1.29 is 51.2 Å². The Balaban J connectivity index is 1.71. The summed E-state index contributed by atoms with van der Waals surface area (Å²) in [5.41, 5.74) is -2.26. The van der Waals surface area contributed by atoms with E-state index in [1.54, 1.807) is 30.2 Å². The number of alkyl halides is 6. The molecule has 0 bridgehead atoms. The number of aliphatic hydroxyl groups is 2. The third kappa shape index (κ3) is 9.34. The Kier molecular flexibility index (Phi) is 13.2. The minimum Gasteiger partial charge on any atom is -0.497 e. The molecule has 1 aromatic rings. The molecule has 4 N–H and O–H groups in total. The van der Waals surface area contributed by atoms with Crippen molar-refractivity contribution in [2.24, 2.45) is 21.8 Å². The number of nitrogens with zero attached hydrogens (tertiary/aromatic N) is 3. The molecule has 4 atom stereocenters. The van der Waals surface area contributed by atoms with Gasteiger partial charge in [-0.3, -0.25) is 4.79 Å². The molecule has 15 heteroatoms. The highest BCUT2D eigenvalue weighted by Gasteiger charge is 2.46. The fourth-order valence-electron chi connectivity index (χ4n) is 6.87. The largest absolute Gasteiger partial charge is 0.497 e. The maximum atomic E-state index is 13.7. The van der Waals surface area contributed by atoms with Crippen molar-refractivity contribution in [1.29, 1.82) is 0 Å². The Morgan fingerprint density at radius 1 is 1.15 bits per heavy atom. The van der Waals surface area contributed by atoms with Crippen molar-refractivity contribution in [2.45, 2.75) is 82.9 Å². The van der Waals surface area contributed by atoms with Crippen LogP contribution in [0.5, 0.6) is 0 Å².